The second kappa shape index (κ2) is 9.93. The molecular formula is C33H33F3N2O3. The minimum Gasteiger partial charge on any atom is -0.545 e. The van der Waals surface area contributed by atoms with Crippen LogP contribution >= 0.6 is 0 Å². The molecule has 2 aromatic rings. The number of carbonyl (C=O) groups excluding carboxylic acids is 1. The van der Waals surface area contributed by atoms with Gasteiger partial charge in [-0.05, 0) is 42.4 Å². The Morgan fingerprint density at radius 3 is 2.29 bits per heavy atom. The van der Waals surface area contributed by atoms with Gasteiger partial charge in [0.1, 0.15) is 30.3 Å². The molecule has 0 amide bonds. The number of nitrogens with zero attached hydrogens (tertiary/aromatic N) is 2. The van der Waals surface area contributed by atoms with E-state index in [2.05, 4.69) is 9.48 Å². The predicted octanol–water partition coefficient (Wildman–Crippen LogP) is 5.91. The summed E-state index contributed by atoms with van der Waals surface area (Å²) in [6, 6.07) is 10.9. The molecule has 1 atom stereocenters. The van der Waals surface area contributed by atoms with Crippen molar-refractivity contribution in [3.63, 3.8) is 0 Å². The average molecular weight is 563 g/mol. The molecular weight excluding hydrogens is 529 g/mol. The highest BCUT2D eigenvalue weighted by atomic mass is 19.2. The molecule has 6 rings (SSSR count). The number of carboxylic acids is 1. The molecule has 5 nitrogen and oxygen atoms in total. The molecule has 4 aliphatic rings. The fourth-order valence-electron chi connectivity index (χ4n) is 6.34. The first kappa shape index (κ1) is 27.4. The minimum atomic E-state index is -1.98. The molecule has 214 valence electrons. The zero-order valence-corrected chi connectivity index (χ0v) is 23.7. The van der Waals surface area contributed by atoms with Crippen LogP contribution in [0.15, 0.2) is 40.8 Å². The summed E-state index contributed by atoms with van der Waals surface area (Å²) in [6.07, 6.45) is 2.47. The maximum atomic E-state index is 16.8. The van der Waals surface area contributed by atoms with E-state index in [0.717, 1.165) is 50.1 Å². The largest absolute Gasteiger partial charge is 0.545 e. The van der Waals surface area contributed by atoms with Crippen LogP contribution in [-0.4, -0.2) is 32.1 Å². The molecule has 0 N–H and O–H groups in total. The second-order valence-corrected chi connectivity index (χ2v) is 12.2. The number of anilines is 1. The van der Waals surface area contributed by atoms with E-state index >= 15 is 13.2 Å². The molecule has 3 heterocycles. The van der Waals surface area contributed by atoms with Crippen LogP contribution in [0, 0.1) is 22.9 Å². The van der Waals surface area contributed by atoms with Crippen LogP contribution in [0.4, 0.5) is 18.9 Å². The zero-order valence-electron chi connectivity index (χ0n) is 23.7. The number of aromatic carboxylic acids is 1. The molecule has 2 fully saturated rings. The lowest BCUT2D eigenvalue weighted by molar-refractivity contribution is -0.255. The average Bonchev–Trinajstić information content (AvgIpc) is 2.84. The highest BCUT2D eigenvalue weighted by Gasteiger charge is 2.37. The molecule has 8 heteroatoms. The van der Waals surface area contributed by atoms with Gasteiger partial charge in [-0.15, -0.1) is 0 Å². The van der Waals surface area contributed by atoms with Gasteiger partial charge in [-0.2, -0.15) is 0 Å². The maximum Gasteiger partial charge on any atom is 0.203 e. The lowest BCUT2D eigenvalue weighted by Gasteiger charge is -2.33. The molecule has 1 aliphatic carbocycles. The Hall–Kier alpha value is -3.81. The lowest BCUT2D eigenvalue weighted by atomic mass is 9.73. The van der Waals surface area contributed by atoms with Gasteiger partial charge < -0.3 is 19.2 Å². The molecule has 3 aliphatic heterocycles. The SMILES string of the molecule is CCC(c1c(F)c(F)c(C(=O)[O-])c(-c2c3ccc(=[N+]4CCC4)cc-3oc3cc(N4CCC4)ccc23)c1F)C(C)(C)C. The third kappa shape index (κ3) is 4.39. The molecule has 0 aromatic heterocycles. The van der Waals surface area contributed by atoms with E-state index in [1.807, 2.05) is 45.0 Å². The summed E-state index contributed by atoms with van der Waals surface area (Å²) >= 11 is 0. The van der Waals surface area contributed by atoms with Gasteiger partial charge >= 0.3 is 0 Å². The number of hydrogen-bond donors (Lipinski definition) is 0. The summed E-state index contributed by atoms with van der Waals surface area (Å²) in [5, 5.41) is 13.7. The van der Waals surface area contributed by atoms with E-state index in [0.29, 0.717) is 28.7 Å². The van der Waals surface area contributed by atoms with Crippen molar-refractivity contribution >= 4 is 22.6 Å². The Morgan fingerprint density at radius 1 is 1.00 bits per heavy atom. The van der Waals surface area contributed by atoms with Crippen LogP contribution in [0.5, 0.6) is 0 Å². The highest BCUT2D eigenvalue weighted by Crippen LogP contribution is 2.48. The highest BCUT2D eigenvalue weighted by molar-refractivity contribution is 6.08. The van der Waals surface area contributed by atoms with Gasteiger partial charge in [-0.1, -0.05) is 27.7 Å². The summed E-state index contributed by atoms with van der Waals surface area (Å²) in [5.74, 6) is -6.49. The van der Waals surface area contributed by atoms with E-state index in [1.54, 1.807) is 19.1 Å². The molecule has 41 heavy (non-hydrogen) atoms. The molecule has 0 saturated carbocycles. The molecule has 2 aromatic carbocycles. The molecule has 0 spiro atoms. The van der Waals surface area contributed by atoms with Gasteiger partial charge in [0, 0.05) is 64.1 Å². The van der Waals surface area contributed by atoms with Crippen molar-refractivity contribution in [1.82, 2.24) is 4.58 Å². The number of carboxylic acid groups (broad SMARTS) is 1. The van der Waals surface area contributed by atoms with Gasteiger partial charge in [0.25, 0.3) is 0 Å². The van der Waals surface area contributed by atoms with Crippen molar-refractivity contribution in [2.45, 2.75) is 52.9 Å². The van der Waals surface area contributed by atoms with Crippen LogP contribution in [0.1, 0.15) is 68.8 Å². The summed E-state index contributed by atoms with van der Waals surface area (Å²) in [5.41, 5.74) is -0.850. The van der Waals surface area contributed by atoms with Crippen LogP contribution < -0.4 is 19.9 Å². The Bertz CT molecular complexity index is 1740. The number of fused-ring (bicyclic) bond motifs is 2. The summed E-state index contributed by atoms with van der Waals surface area (Å²) in [4.78, 5) is 14.6. The second-order valence-electron chi connectivity index (χ2n) is 12.2. The Balaban J connectivity index is 1.76. The number of hydrogen-bond acceptors (Lipinski definition) is 4. The monoisotopic (exact) mass is 562 g/mol. The van der Waals surface area contributed by atoms with Gasteiger partial charge in [0.15, 0.2) is 11.6 Å². The molecule has 0 radical (unpaired) electrons. The molecule has 1 unspecified atom stereocenters. The molecule has 0 bridgehead atoms. The van der Waals surface area contributed by atoms with Crippen LogP contribution in [-0.2, 0) is 0 Å². The Morgan fingerprint density at radius 2 is 1.73 bits per heavy atom. The minimum absolute atomic E-state index is 0.146. The van der Waals surface area contributed by atoms with E-state index in [1.165, 1.54) is 0 Å². The summed E-state index contributed by atoms with van der Waals surface area (Å²) < 4.78 is 56.8. The first-order chi connectivity index (χ1) is 19.5. The van der Waals surface area contributed by atoms with Crippen LogP contribution in [0.2, 0.25) is 0 Å². The van der Waals surface area contributed by atoms with Gasteiger partial charge in [-0.25, -0.2) is 17.7 Å². The quantitative estimate of drug-likeness (QED) is 0.172. The first-order valence-electron chi connectivity index (χ1n) is 14.3. The van der Waals surface area contributed by atoms with Gasteiger partial charge in [0.2, 0.25) is 5.36 Å². The topological polar surface area (TPSA) is 59.5 Å². The number of benzene rings is 3. The Kier molecular flexibility index (Phi) is 6.63. The van der Waals surface area contributed by atoms with Gasteiger partial charge in [0.05, 0.1) is 18.5 Å². The number of carbonyl (C=O) groups is 1. The van der Waals surface area contributed by atoms with E-state index in [9.17, 15) is 9.90 Å². The fourth-order valence-corrected chi connectivity index (χ4v) is 6.34. The normalized spacial score (nSPS) is 16.2. The number of rotatable bonds is 5. The van der Waals surface area contributed by atoms with Gasteiger partial charge in [-0.3, -0.25) is 0 Å². The van der Waals surface area contributed by atoms with E-state index in [4.69, 9.17) is 4.42 Å². The van der Waals surface area contributed by atoms with Crippen LogP contribution in [0.3, 0.4) is 0 Å². The first-order valence-corrected chi connectivity index (χ1v) is 14.3. The van der Waals surface area contributed by atoms with Crippen molar-refractivity contribution in [3.8, 4) is 22.5 Å². The Labute approximate surface area is 236 Å². The van der Waals surface area contributed by atoms with Crippen molar-refractivity contribution in [3.05, 3.63) is 70.3 Å². The van der Waals surface area contributed by atoms with E-state index in [-0.39, 0.29) is 5.56 Å². The third-order valence-electron chi connectivity index (χ3n) is 8.74. The van der Waals surface area contributed by atoms with E-state index < -0.39 is 51.4 Å². The van der Waals surface area contributed by atoms with Crippen molar-refractivity contribution < 1.29 is 27.5 Å². The predicted molar refractivity (Wildman–Crippen MR) is 151 cm³/mol. The van der Waals surface area contributed by atoms with Crippen molar-refractivity contribution in [2.75, 3.05) is 31.1 Å². The fraction of sp³-hybridized carbons (Fsp3) is 0.394. The summed E-state index contributed by atoms with van der Waals surface area (Å²) in [6.45, 7) is 10.8. The third-order valence-corrected chi connectivity index (χ3v) is 8.74. The number of halogens is 3. The smallest absolute Gasteiger partial charge is 0.203 e. The zero-order chi connectivity index (χ0) is 29.2. The van der Waals surface area contributed by atoms with Crippen molar-refractivity contribution in [2.24, 2.45) is 5.41 Å². The standard InChI is InChI=1S/C33H33F3N2O3/c1-5-22(33(2,3)4)26-29(34)27(28(32(39)40)31(36)30(26)35)25-20-10-8-18(37-12-6-13-37)16-23(20)41-24-17-19(9-11-21(24)25)38-14-7-15-38/h8-11,16-17,22H,5-7,12-15H2,1-4H3. The maximum absolute atomic E-state index is 16.8. The lowest BCUT2D eigenvalue weighted by Crippen LogP contribution is -2.40. The summed E-state index contributed by atoms with van der Waals surface area (Å²) in [7, 11) is 0. The molecule has 2 saturated heterocycles. The van der Waals surface area contributed by atoms with Crippen molar-refractivity contribution in [1.29, 1.82) is 0 Å². The van der Waals surface area contributed by atoms with Crippen LogP contribution in [0.25, 0.3) is 33.4 Å².